The van der Waals surface area contributed by atoms with Crippen molar-refractivity contribution in [3.05, 3.63) is 76.3 Å². The van der Waals surface area contributed by atoms with Gasteiger partial charge in [0.05, 0.1) is 6.26 Å². The van der Waals surface area contributed by atoms with Crippen LogP contribution >= 0.6 is 0 Å². The number of carboxylic acids is 1. The van der Waals surface area contributed by atoms with Crippen molar-refractivity contribution in [1.82, 2.24) is 0 Å². The second-order valence-corrected chi connectivity index (χ2v) is 6.60. The maximum absolute atomic E-state index is 12.1. The molecule has 0 saturated carbocycles. The lowest BCUT2D eigenvalue weighted by Gasteiger charge is -2.20. The molecule has 8 nitrogen and oxygen atoms in total. The molecule has 2 heterocycles. The molecule has 0 bridgehead atoms. The Morgan fingerprint density at radius 3 is 2.60 bits per heavy atom. The van der Waals surface area contributed by atoms with Gasteiger partial charge in [0.1, 0.15) is 47.5 Å². The van der Waals surface area contributed by atoms with Gasteiger partial charge in [0.25, 0.3) is 0 Å². The van der Waals surface area contributed by atoms with E-state index >= 15 is 0 Å². The molecule has 0 fully saturated rings. The lowest BCUT2D eigenvalue weighted by molar-refractivity contribution is -0.135. The lowest BCUT2D eigenvalue weighted by Crippen LogP contribution is -2.25. The average molecular weight is 410 g/mol. The number of hydrogen-bond donors (Lipinski definition) is 2. The van der Waals surface area contributed by atoms with E-state index in [1.807, 2.05) is 0 Å². The number of hydrogen-bond acceptors (Lipinski definition) is 7. The van der Waals surface area contributed by atoms with Gasteiger partial charge in [-0.05, 0) is 30.3 Å². The van der Waals surface area contributed by atoms with Gasteiger partial charge >= 0.3 is 5.97 Å². The molecule has 0 radical (unpaired) electrons. The highest BCUT2D eigenvalue weighted by molar-refractivity contribution is 5.85. The van der Waals surface area contributed by atoms with Crippen molar-refractivity contribution in [2.24, 2.45) is 0 Å². The molecule has 1 aromatic heterocycles. The normalized spacial score (nSPS) is 13.7. The van der Waals surface area contributed by atoms with E-state index in [0.29, 0.717) is 40.2 Å². The second-order valence-electron chi connectivity index (χ2n) is 6.60. The standard InChI is InChI=1S/C22H18O8/c23-13(12-29-19-6-2-5-18-21(19)15(24)9-10-27-18)11-28-16-3-1-4-17-14(16)7-8-20(30-17)22(25)26/h1-6,8-10,13,23H,7,11-12H2,(H,25,26). The minimum Gasteiger partial charge on any atom is -0.490 e. The molecule has 2 N–H and O–H groups in total. The Hall–Kier alpha value is -3.78. The molecule has 3 aromatic rings. The molecule has 30 heavy (non-hydrogen) atoms. The zero-order chi connectivity index (χ0) is 21.1. The molecule has 8 heteroatoms. The topological polar surface area (TPSA) is 115 Å². The minimum absolute atomic E-state index is 0.0642. The van der Waals surface area contributed by atoms with Crippen LogP contribution in [0.5, 0.6) is 17.2 Å². The zero-order valence-corrected chi connectivity index (χ0v) is 15.7. The first-order chi connectivity index (χ1) is 14.5. The summed E-state index contributed by atoms with van der Waals surface area (Å²) < 4.78 is 22.0. The number of rotatable bonds is 7. The highest BCUT2D eigenvalue weighted by Gasteiger charge is 2.21. The summed E-state index contributed by atoms with van der Waals surface area (Å²) in [6.45, 7) is -0.159. The van der Waals surface area contributed by atoms with Crippen molar-refractivity contribution in [3.63, 3.8) is 0 Å². The van der Waals surface area contributed by atoms with Crippen molar-refractivity contribution >= 4 is 16.9 Å². The van der Waals surface area contributed by atoms with Gasteiger partial charge < -0.3 is 28.8 Å². The van der Waals surface area contributed by atoms with E-state index in [-0.39, 0.29) is 24.4 Å². The number of aliphatic carboxylic acids is 1. The van der Waals surface area contributed by atoms with Gasteiger partial charge in [-0.2, -0.15) is 0 Å². The number of aliphatic hydroxyl groups excluding tert-OH is 1. The van der Waals surface area contributed by atoms with E-state index < -0.39 is 12.1 Å². The van der Waals surface area contributed by atoms with Crippen LogP contribution in [0.3, 0.4) is 0 Å². The summed E-state index contributed by atoms with van der Waals surface area (Å²) >= 11 is 0. The predicted octanol–water partition coefficient (Wildman–Crippen LogP) is 2.52. The Labute approximate surface area is 170 Å². The first kappa shape index (κ1) is 19.5. The molecule has 0 saturated heterocycles. The second kappa shape index (κ2) is 8.30. The molecule has 0 aliphatic carbocycles. The van der Waals surface area contributed by atoms with E-state index in [9.17, 15) is 14.7 Å². The Morgan fingerprint density at radius 2 is 1.80 bits per heavy atom. The molecule has 0 spiro atoms. The minimum atomic E-state index is -1.14. The van der Waals surface area contributed by atoms with Crippen LogP contribution in [0.15, 0.2) is 69.8 Å². The van der Waals surface area contributed by atoms with Crippen LogP contribution in [0.1, 0.15) is 5.56 Å². The Balaban J connectivity index is 1.40. The number of fused-ring (bicyclic) bond motifs is 2. The largest absolute Gasteiger partial charge is 0.490 e. The monoisotopic (exact) mass is 410 g/mol. The molecule has 1 aliphatic rings. The maximum Gasteiger partial charge on any atom is 0.371 e. The molecule has 1 unspecified atom stereocenters. The van der Waals surface area contributed by atoms with Crippen molar-refractivity contribution in [1.29, 1.82) is 0 Å². The van der Waals surface area contributed by atoms with Gasteiger partial charge in [-0.15, -0.1) is 0 Å². The number of benzene rings is 2. The summed E-state index contributed by atoms with van der Waals surface area (Å²) in [6.07, 6.45) is 2.14. The molecule has 4 rings (SSSR count). The van der Waals surface area contributed by atoms with Crippen LogP contribution in [0.4, 0.5) is 0 Å². The highest BCUT2D eigenvalue weighted by Crippen LogP contribution is 2.34. The van der Waals surface area contributed by atoms with Crippen LogP contribution in [0.25, 0.3) is 11.0 Å². The van der Waals surface area contributed by atoms with Gasteiger partial charge in [0.2, 0.25) is 5.76 Å². The number of aliphatic hydroxyl groups is 1. The SMILES string of the molecule is O=C(O)C1=CCc2c(OCC(O)COc3cccc4occc(=O)c34)cccc2O1. The summed E-state index contributed by atoms with van der Waals surface area (Å²) in [6, 6.07) is 11.3. The fourth-order valence-electron chi connectivity index (χ4n) is 3.11. The zero-order valence-electron chi connectivity index (χ0n) is 15.7. The molecule has 1 atom stereocenters. The van der Waals surface area contributed by atoms with Crippen molar-refractivity contribution in [3.8, 4) is 17.2 Å². The Kier molecular flexibility index (Phi) is 5.40. The first-order valence-corrected chi connectivity index (χ1v) is 9.20. The van der Waals surface area contributed by atoms with E-state index in [0.717, 1.165) is 0 Å². The lowest BCUT2D eigenvalue weighted by atomic mass is 10.1. The van der Waals surface area contributed by atoms with Gasteiger partial charge in [0, 0.05) is 18.1 Å². The Bertz CT molecular complexity index is 1170. The van der Waals surface area contributed by atoms with Crippen molar-refractivity contribution < 1.29 is 33.6 Å². The van der Waals surface area contributed by atoms with Crippen molar-refractivity contribution in [2.75, 3.05) is 13.2 Å². The summed E-state index contributed by atoms with van der Waals surface area (Å²) in [4.78, 5) is 23.1. The van der Waals surface area contributed by atoms with Crippen LogP contribution in [0, 0.1) is 0 Å². The van der Waals surface area contributed by atoms with Gasteiger partial charge in [-0.3, -0.25) is 4.79 Å². The summed E-state index contributed by atoms with van der Waals surface area (Å²) in [5.41, 5.74) is 0.861. The first-order valence-electron chi connectivity index (χ1n) is 9.20. The van der Waals surface area contributed by atoms with E-state index in [1.54, 1.807) is 36.4 Å². The molecule has 2 aromatic carbocycles. The molecular formula is C22H18O8. The maximum atomic E-state index is 12.1. The fraction of sp³-hybridized carbons (Fsp3) is 0.182. The Morgan fingerprint density at radius 1 is 1.07 bits per heavy atom. The third kappa shape index (κ3) is 3.99. The summed E-state index contributed by atoms with van der Waals surface area (Å²) in [5, 5.41) is 19.6. The molecular weight excluding hydrogens is 392 g/mol. The third-order valence-corrected chi connectivity index (χ3v) is 4.52. The summed E-state index contributed by atoms with van der Waals surface area (Å²) in [7, 11) is 0. The van der Waals surface area contributed by atoms with E-state index in [4.69, 9.17) is 23.7 Å². The van der Waals surface area contributed by atoms with E-state index in [1.165, 1.54) is 18.4 Å². The number of carbonyl (C=O) groups is 1. The fourth-order valence-corrected chi connectivity index (χ4v) is 3.11. The molecule has 1 aliphatic heterocycles. The average Bonchev–Trinajstić information content (AvgIpc) is 2.75. The molecule has 154 valence electrons. The van der Waals surface area contributed by atoms with Gasteiger partial charge in [-0.25, -0.2) is 4.79 Å². The number of carboxylic acid groups (broad SMARTS) is 1. The third-order valence-electron chi connectivity index (χ3n) is 4.52. The quantitative estimate of drug-likeness (QED) is 0.611. The van der Waals surface area contributed by atoms with Crippen LogP contribution in [-0.2, 0) is 11.2 Å². The predicted molar refractivity (Wildman–Crippen MR) is 106 cm³/mol. The van der Waals surface area contributed by atoms with Crippen LogP contribution in [0.2, 0.25) is 0 Å². The van der Waals surface area contributed by atoms with Gasteiger partial charge in [0.15, 0.2) is 5.43 Å². The van der Waals surface area contributed by atoms with E-state index in [2.05, 4.69) is 0 Å². The number of ether oxygens (including phenoxy) is 3. The summed E-state index contributed by atoms with van der Waals surface area (Å²) in [5.74, 6) is -0.0638. The van der Waals surface area contributed by atoms with Crippen LogP contribution in [-0.4, -0.2) is 35.5 Å². The smallest absolute Gasteiger partial charge is 0.371 e. The highest BCUT2D eigenvalue weighted by atomic mass is 16.5. The number of allylic oxidation sites excluding steroid dienone is 1. The van der Waals surface area contributed by atoms with Crippen LogP contribution < -0.4 is 19.6 Å². The van der Waals surface area contributed by atoms with Crippen molar-refractivity contribution in [2.45, 2.75) is 12.5 Å². The molecule has 0 amide bonds. The van der Waals surface area contributed by atoms with Gasteiger partial charge in [-0.1, -0.05) is 12.1 Å².